The van der Waals surface area contributed by atoms with Gasteiger partial charge in [-0.1, -0.05) is 23.7 Å². The minimum absolute atomic E-state index is 0.539. The van der Waals surface area contributed by atoms with Gasteiger partial charge in [-0.15, -0.1) is 11.3 Å². The highest BCUT2D eigenvalue weighted by molar-refractivity contribution is 7.14. The molecule has 6 nitrogen and oxygen atoms in total. The summed E-state index contributed by atoms with van der Waals surface area (Å²) in [4.78, 5) is 4.52. The average Bonchev–Trinajstić information content (AvgIpc) is 3.16. The van der Waals surface area contributed by atoms with Crippen LogP contribution >= 0.6 is 22.9 Å². The van der Waals surface area contributed by atoms with Crippen LogP contribution in [0.5, 0.6) is 17.2 Å². The van der Waals surface area contributed by atoms with Crippen molar-refractivity contribution in [2.45, 2.75) is 0 Å². The van der Waals surface area contributed by atoms with E-state index >= 15 is 0 Å². The van der Waals surface area contributed by atoms with Crippen LogP contribution in [0.25, 0.3) is 11.3 Å². The molecule has 0 aliphatic heterocycles. The summed E-state index contributed by atoms with van der Waals surface area (Å²) in [7, 11) is 4.71. The molecule has 3 rings (SSSR count). The first kappa shape index (κ1) is 19.0. The van der Waals surface area contributed by atoms with Gasteiger partial charge in [-0.05, 0) is 24.3 Å². The molecule has 1 heterocycles. The van der Waals surface area contributed by atoms with E-state index in [1.807, 2.05) is 41.8 Å². The van der Waals surface area contributed by atoms with Crippen LogP contribution in [0.2, 0.25) is 5.02 Å². The average molecular weight is 404 g/mol. The summed E-state index contributed by atoms with van der Waals surface area (Å²) >= 11 is 7.39. The number of benzene rings is 2. The number of nitrogens with zero attached hydrogens (tertiary/aromatic N) is 2. The number of nitrogens with one attached hydrogen (secondary N) is 1. The predicted octanol–water partition coefficient (Wildman–Crippen LogP) is 4.94. The highest BCUT2D eigenvalue weighted by Gasteiger charge is 2.12. The van der Waals surface area contributed by atoms with E-state index in [-0.39, 0.29) is 0 Å². The molecular formula is C19H18ClN3O3S. The number of hydrazone groups is 1. The first-order chi connectivity index (χ1) is 13.1. The van der Waals surface area contributed by atoms with Crippen molar-refractivity contribution in [3.63, 3.8) is 0 Å². The third-order valence-corrected chi connectivity index (χ3v) is 4.70. The first-order valence-corrected chi connectivity index (χ1v) is 9.21. The molecule has 0 atom stereocenters. The number of hydrogen-bond acceptors (Lipinski definition) is 7. The molecule has 0 aliphatic rings. The number of aromatic nitrogens is 1. The lowest BCUT2D eigenvalue weighted by atomic mass is 10.2. The summed E-state index contributed by atoms with van der Waals surface area (Å²) < 4.78 is 16.0. The third kappa shape index (κ3) is 4.50. The van der Waals surface area contributed by atoms with Crippen molar-refractivity contribution in [3.8, 4) is 28.5 Å². The van der Waals surface area contributed by atoms with Crippen molar-refractivity contribution in [1.29, 1.82) is 0 Å². The Morgan fingerprint density at radius 2 is 1.70 bits per heavy atom. The van der Waals surface area contributed by atoms with Crippen LogP contribution in [0, 0.1) is 0 Å². The van der Waals surface area contributed by atoms with Crippen molar-refractivity contribution < 1.29 is 14.2 Å². The van der Waals surface area contributed by atoms with Gasteiger partial charge in [0.05, 0.1) is 33.2 Å². The molecule has 3 aromatic rings. The molecule has 0 amide bonds. The number of methoxy groups -OCH3 is 3. The monoisotopic (exact) mass is 403 g/mol. The molecule has 0 saturated carbocycles. The largest absolute Gasteiger partial charge is 0.493 e. The second-order valence-corrected chi connectivity index (χ2v) is 6.67. The summed E-state index contributed by atoms with van der Waals surface area (Å²) in [6, 6.07) is 11.2. The van der Waals surface area contributed by atoms with Gasteiger partial charge in [0, 0.05) is 21.5 Å². The molecule has 0 saturated heterocycles. The van der Waals surface area contributed by atoms with Crippen LogP contribution in [-0.2, 0) is 0 Å². The zero-order valence-corrected chi connectivity index (χ0v) is 16.6. The highest BCUT2D eigenvalue weighted by atomic mass is 35.5. The fourth-order valence-electron chi connectivity index (χ4n) is 2.42. The summed E-state index contributed by atoms with van der Waals surface area (Å²) in [6.45, 7) is 0. The van der Waals surface area contributed by atoms with Crippen LogP contribution in [0.3, 0.4) is 0 Å². The quantitative estimate of drug-likeness (QED) is 0.447. The van der Waals surface area contributed by atoms with Crippen LogP contribution < -0.4 is 19.6 Å². The van der Waals surface area contributed by atoms with E-state index in [0.29, 0.717) is 27.4 Å². The van der Waals surface area contributed by atoms with E-state index < -0.39 is 0 Å². The normalized spacial score (nSPS) is 10.8. The first-order valence-electron chi connectivity index (χ1n) is 7.95. The van der Waals surface area contributed by atoms with Crippen molar-refractivity contribution in [1.82, 2.24) is 4.98 Å². The van der Waals surface area contributed by atoms with Crippen molar-refractivity contribution in [2.24, 2.45) is 5.10 Å². The molecule has 140 valence electrons. The molecule has 0 aliphatic carbocycles. The van der Waals surface area contributed by atoms with E-state index in [2.05, 4.69) is 15.5 Å². The van der Waals surface area contributed by atoms with Crippen molar-refractivity contribution in [3.05, 3.63) is 52.4 Å². The SMILES string of the molecule is COc1cc(/C=N/Nc2nc(-c3ccc(Cl)cc3)cs2)cc(OC)c1OC. The maximum atomic E-state index is 5.92. The number of rotatable bonds is 7. The Labute approximate surface area is 166 Å². The lowest BCUT2D eigenvalue weighted by Crippen LogP contribution is -1.97. The second-order valence-electron chi connectivity index (χ2n) is 5.37. The molecule has 1 N–H and O–H groups in total. The maximum absolute atomic E-state index is 5.92. The molecule has 0 fully saturated rings. The van der Waals surface area contributed by atoms with Gasteiger partial charge in [0.15, 0.2) is 11.5 Å². The molecule has 27 heavy (non-hydrogen) atoms. The highest BCUT2D eigenvalue weighted by Crippen LogP contribution is 2.37. The van der Waals surface area contributed by atoms with Gasteiger partial charge < -0.3 is 14.2 Å². The van der Waals surface area contributed by atoms with Gasteiger partial charge in [-0.3, -0.25) is 5.43 Å². The summed E-state index contributed by atoms with van der Waals surface area (Å²) in [5, 5.41) is 7.58. The van der Waals surface area contributed by atoms with E-state index in [9.17, 15) is 0 Å². The van der Waals surface area contributed by atoms with Gasteiger partial charge in [0.2, 0.25) is 10.9 Å². The predicted molar refractivity (Wildman–Crippen MR) is 110 cm³/mol. The fraction of sp³-hybridized carbons (Fsp3) is 0.158. The molecule has 0 unspecified atom stereocenters. The number of anilines is 1. The zero-order valence-electron chi connectivity index (χ0n) is 15.0. The lowest BCUT2D eigenvalue weighted by Gasteiger charge is -2.12. The van der Waals surface area contributed by atoms with Crippen LogP contribution in [0.4, 0.5) is 5.13 Å². The van der Waals surface area contributed by atoms with E-state index in [4.69, 9.17) is 25.8 Å². The molecule has 0 bridgehead atoms. The minimum Gasteiger partial charge on any atom is -0.493 e. The Bertz CT molecular complexity index is 917. The van der Waals surface area contributed by atoms with E-state index in [0.717, 1.165) is 16.8 Å². The van der Waals surface area contributed by atoms with Gasteiger partial charge in [0.1, 0.15) is 0 Å². The molecule has 1 aromatic heterocycles. The minimum atomic E-state index is 0.539. The Hall–Kier alpha value is -2.77. The van der Waals surface area contributed by atoms with Crippen molar-refractivity contribution >= 4 is 34.3 Å². The number of halogens is 1. The van der Waals surface area contributed by atoms with E-state index in [1.54, 1.807) is 27.5 Å². The van der Waals surface area contributed by atoms with Gasteiger partial charge in [-0.25, -0.2) is 4.98 Å². The fourth-order valence-corrected chi connectivity index (χ4v) is 3.21. The molecule has 0 radical (unpaired) electrons. The third-order valence-electron chi connectivity index (χ3n) is 3.71. The standard InChI is InChI=1S/C19H18ClN3O3S/c1-24-16-8-12(9-17(25-2)18(16)26-3)10-21-23-19-22-15(11-27-19)13-4-6-14(20)7-5-13/h4-11H,1-3H3,(H,22,23)/b21-10+. The zero-order chi connectivity index (χ0) is 19.2. The molecule has 2 aromatic carbocycles. The smallest absolute Gasteiger partial charge is 0.203 e. The van der Waals surface area contributed by atoms with Gasteiger partial charge in [0.25, 0.3) is 0 Å². The maximum Gasteiger partial charge on any atom is 0.203 e. The molecule has 0 spiro atoms. The van der Waals surface area contributed by atoms with Crippen molar-refractivity contribution in [2.75, 3.05) is 26.8 Å². The van der Waals surface area contributed by atoms with Gasteiger partial charge >= 0.3 is 0 Å². The van der Waals surface area contributed by atoms with Gasteiger partial charge in [-0.2, -0.15) is 5.10 Å². The Balaban J connectivity index is 1.73. The number of ether oxygens (including phenoxy) is 3. The Morgan fingerprint density at radius 1 is 1.04 bits per heavy atom. The molecule has 8 heteroatoms. The topological polar surface area (TPSA) is 65.0 Å². The number of hydrogen-bond donors (Lipinski definition) is 1. The summed E-state index contributed by atoms with van der Waals surface area (Å²) in [6.07, 6.45) is 1.66. The Morgan fingerprint density at radius 3 is 2.30 bits per heavy atom. The Kier molecular flexibility index (Phi) is 6.16. The summed E-state index contributed by atoms with van der Waals surface area (Å²) in [5.74, 6) is 1.67. The van der Waals surface area contributed by atoms with Crippen LogP contribution in [0.1, 0.15) is 5.56 Å². The second kappa shape index (κ2) is 8.75. The van der Waals surface area contributed by atoms with Crippen LogP contribution in [-0.4, -0.2) is 32.5 Å². The number of thiazole rings is 1. The molecular weight excluding hydrogens is 386 g/mol. The van der Waals surface area contributed by atoms with Crippen LogP contribution in [0.15, 0.2) is 46.9 Å². The van der Waals surface area contributed by atoms with E-state index in [1.165, 1.54) is 11.3 Å². The lowest BCUT2D eigenvalue weighted by molar-refractivity contribution is 0.324. The summed E-state index contributed by atoms with van der Waals surface area (Å²) in [5.41, 5.74) is 5.59.